The van der Waals surface area contributed by atoms with Crippen molar-refractivity contribution in [2.24, 2.45) is 5.92 Å². The van der Waals surface area contributed by atoms with Crippen molar-refractivity contribution in [3.05, 3.63) is 72.2 Å². The highest BCUT2D eigenvalue weighted by Crippen LogP contribution is 2.38. The van der Waals surface area contributed by atoms with E-state index in [4.69, 9.17) is 9.26 Å². The summed E-state index contributed by atoms with van der Waals surface area (Å²) in [5.41, 5.74) is 1.24. The highest BCUT2D eigenvalue weighted by Gasteiger charge is 2.42. The summed E-state index contributed by atoms with van der Waals surface area (Å²) >= 11 is 0. The van der Waals surface area contributed by atoms with E-state index in [-0.39, 0.29) is 23.0 Å². The van der Waals surface area contributed by atoms with Gasteiger partial charge in [-0.2, -0.15) is 0 Å². The molecule has 0 atom stereocenters. The predicted octanol–water partition coefficient (Wildman–Crippen LogP) is 4.46. The smallest absolute Gasteiger partial charge is 0.290 e. The summed E-state index contributed by atoms with van der Waals surface area (Å²) in [5.74, 6) is 0.634. The van der Waals surface area contributed by atoms with Crippen molar-refractivity contribution in [1.29, 1.82) is 0 Å². The van der Waals surface area contributed by atoms with Gasteiger partial charge in [0.1, 0.15) is 17.3 Å². The van der Waals surface area contributed by atoms with Crippen LogP contribution in [-0.2, 0) is 0 Å². The standard InChI is InChI=1S/C22H21FN2O3/c1-22(12-15(13-22)14-27-18-9-7-17(23)8-10-18)24-21(26)20-11-19(25-28-20)16-5-3-2-4-6-16/h2-11,15H,12-14H2,1H3,(H,24,26). The van der Waals surface area contributed by atoms with Crippen LogP contribution in [0.5, 0.6) is 5.75 Å². The number of nitrogens with zero attached hydrogens (tertiary/aromatic N) is 1. The van der Waals surface area contributed by atoms with E-state index in [0.29, 0.717) is 24.0 Å². The average molecular weight is 380 g/mol. The van der Waals surface area contributed by atoms with Gasteiger partial charge in [-0.15, -0.1) is 0 Å². The van der Waals surface area contributed by atoms with E-state index in [9.17, 15) is 9.18 Å². The first kappa shape index (κ1) is 18.2. The molecule has 1 aliphatic rings. The summed E-state index contributed by atoms with van der Waals surface area (Å²) < 4.78 is 23.8. The Labute approximate surface area is 162 Å². The molecule has 2 aromatic carbocycles. The number of carbonyl (C=O) groups excluding carboxylic acids is 1. The van der Waals surface area contributed by atoms with Gasteiger partial charge in [0.25, 0.3) is 5.91 Å². The summed E-state index contributed by atoms with van der Waals surface area (Å²) in [6.07, 6.45) is 1.61. The predicted molar refractivity (Wildman–Crippen MR) is 102 cm³/mol. The monoisotopic (exact) mass is 380 g/mol. The molecule has 0 spiro atoms. The van der Waals surface area contributed by atoms with Gasteiger partial charge in [0, 0.05) is 17.2 Å². The Balaban J connectivity index is 1.28. The fourth-order valence-corrected chi connectivity index (χ4v) is 3.64. The van der Waals surface area contributed by atoms with Gasteiger partial charge in [0.15, 0.2) is 0 Å². The molecule has 1 N–H and O–H groups in total. The Bertz CT molecular complexity index is 947. The molecule has 3 aromatic rings. The number of rotatable bonds is 6. The SMILES string of the molecule is CC1(NC(=O)c2cc(-c3ccccc3)no2)CC(COc2ccc(F)cc2)C1. The molecule has 4 rings (SSSR count). The van der Waals surface area contributed by atoms with E-state index >= 15 is 0 Å². The second kappa shape index (κ2) is 7.46. The molecule has 1 fully saturated rings. The molecule has 1 amide bonds. The van der Waals surface area contributed by atoms with Gasteiger partial charge in [-0.05, 0) is 49.9 Å². The molecule has 144 valence electrons. The highest BCUT2D eigenvalue weighted by molar-refractivity contribution is 5.93. The fraction of sp³-hybridized carbons (Fsp3) is 0.273. The number of nitrogens with one attached hydrogen (secondary N) is 1. The molecule has 1 saturated carbocycles. The number of carbonyl (C=O) groups is 1. The van der Waals surface area contributed by atoms with Crippen LogP contribution in [0.1, 0.15) is 30.3 Å². The van der Waals surface area contributed by atoms with Crippen molar-refractivity contribution in [2.45, 2.75) is 25.3 Å². The van der Waals surface area contributed by atoms with Crippen LogP contribution in [0.3, 0.4) is 0 Å². The molecular weight excluding hydrogens is 359 g/mol. The van der Waals surface area contributed by atoms with Crippen molar-refractivity contribution in [2.75, 3.05) is 6.61 Å². The summed E-state index contributed by atoms with van der Waals surface area (Å²) in [7, 11) is 0. The van der Waals surface area contributed by atoms with Gasteiger partial charge in [0.05, 0.1) is 6.61 Å². The van der Waals surface area contributed by atoms with Crippen LogP contribution in [-0.4, -0.2) is 23.2 Å². The zero-order valence-corrected chi connectivity index (χ0v) is 15.5. The van der Waals surface area contributed by atoms with Crippen LogP contribution in [0, 0.1) is 11.7 Å². The highest BCUT2D eigenvalue weighted by atomic mass is 19.1. The van der Waals surface area contributed by atoms with E-state index in [1.165, 1.54) is 12.1 Å². The lowest BCUT2D eigenvalue weighted by atomic mass is 9.70. The molecule has 1 aliphatic carbocycles. The Morgan fingerprint density at radius 1 is 1.21 bits per heavy atom. The molecule has 0 unspecified atom stereocenters. The molecule has 0 saturated heterocycles. The number of aromatic nitrogens is 1. The van der Waals surface area contributed by atoms with E-state index in [1.54, 1.807) is 18.2 Å². The Morgan fingerprint density at radius 3 is 2.64 bits per heavy atom. The van der Waals surface area contributed by atoms with E-state index < -0.39 is 0 Å². The Kier molecular flexibility index (Phi) is 4.86. The third-order valence-electron chi connectivity index (χ3n) is 5.00. The molecule has 0 radical (unpaired) electrons. The molecule has 1 aromatic heterocycles. The van der Waals surface area contributed by atoms with Gasteiger partial charge in [-0.25, -0.2) is 4.39 Å². The third kappa shape index (κ3) is 4.06. The third-order valence-corrected chi connectivity index (χ3v) is 5.00. The zero-order chi connectivity index (χ0) is 19.6. The lowest BCUT2D eigenvalue weighted by molar-refractivity contribution is 0.0578. The van der Waals surface area contributed by atoms with Crippen LogP contribution in [0.15, 0.2) is 65.2 Å². The van der Waals surface area contributed by atoms with E-state index in [0.717, 1.165) is 18.4 Å². The van der Waals surface area contributed by atoms with Crippen LogP contribution in [0.2, 0.25) is 0 Å². The van der Waals surface area contributed by atoms with Gasteiger partial charge in [-0.1, -0.05) is 35.5 Å². The number of hydrogen-bond donors (Lipinski definition) is 1. The first-order valence-corrected chi connectivity index (χ1v) is 9.24. The lowest BCUT2D eigenvalue weighted by Gasteiger charge is -2.45. The average Bonchev–Trinajstić information content (AvgIpc) is 3.17. The van der Waals surface area contributed by atoms with Crippen LogP contribution >= 0.6 is 0 Å². The minimum Gasteiger partial charge on any atom is -0.493 e. The minimum absolute atomic E-state index is 0.200. The first-order chi connectivity index (χ1) is 13.5. The second-order valence-electron chi connectivity index (χ2n) is 7.50. The summed E-state index contributed by atoms with van der Waals surface area (Å²) in [6, 6.07) is 17.2. The fourth-order valence-electron chi connectivity index (χ4n) is 3.64. The van der Waals surface area contributed by atoms with E-state index in [2.05, 4.69) is 10.5 Å². The number of ether oxygens (including phenoxy) is 1. The normalized spacial score (nSPS) is 21.0. The Hall–Kier alpha value is -3.15. The maximum absolute atomic E-state index is 12.9. The van der Waals surface area contributed by atoms with Gasteiger partial charge >= 0.3 is 0 Å². The van der Waals surface area contributed by atoms with Crippen LogP contribution in [0.4, 0.5) is 4.39 Å². The topological polar surface area (TPSA) is 64.4 Å². The van der Waals surface area contributed by atoms with Crippen molar-refractivity contribution in [3.8, 4) is 17.0 Å². The van der Waals surface area contributed by atoms with Gasteiger partial charge < -0.3 is 14.6 Å². The number of hydrogen-bond acceptors (Lipinski definition) is 4. The van der Waals surface area contributed by atoms with Crippen molar-refractivity contribution < 1.29 is 18.4 Å². The van der Waals surface area contributed by atoms with Crippen molar-refractivity contribution in [1.82, 2.24) is 10.5 Å². The molecule has 0 aliphatic heterocycles. The maximum Gasteiger partial charge on any atom is 0.290 e. The quantitative estimate of drug-likeness (QED) is 0.686. The zero-order valence-electron chi connectivity index (χ0n) is 15.5. The second-order valence-corrected chi connectivity index (χ2v) is 7.50. The lowest BCUT2D eigenvalue weighted by Crippen LogP contribution is -2.56. The van der Waals surface area contributed by atoms with Gasteiger partial charge in [-0.3, -0.25) is 4.79 Å². The number of benzene rings is 2. The van der Waals surface area contributed by atoms with Gasteiger partial charge in [0.2, 0.25) is 5.76 Å². The van der Waals surface area contributed by atoms with Crippen molar-refractivity contribution >= 4 is 5.91 Å². The number of amides is 1. The Morgan fingerprint density at radius 2 is 1.93 bits per heavy atom. The molecular formula is C22H21FN2O3. The van der Waals surface area contributed by atoms with Crippen LogP contribution < -0.4 is 10.1 Å². The summed E-state index contributed by atoms with van der Waals surface area (Å²) in [6.45, 7) is 2.55. The minimum atomic E-state index is -0.298. The summed E-state index contributed by atoms with van der Waals surface area (Å²) in [4.78, 5) is 12.5. The van der Waals surface area contributed by atoms with Crippen LogP contribution in [0.25, 0.3) is 11.3 Å². The molecule has 6 heteroatoms. The number of halogens is 1. The molecule has 0 bridgehead atoms. The summed E-state index contributed by atoms with van der Waals surface area (Å²) in [5, 5.41) is 7.01. The maximum atomic E-state index is 12.9. The first-order valence-electron chi connectivity index (χ1n) is 9.24. The van der Waals surface area contributed by atoms with E-state index in [1.807, 2.05) is 37.3 Å². The molecule has 5 nitrogen and oxygen atoms in total. The largest absolute Gasteiger partial charge is 0.493 e. The molecule has 1 heterocycles. The van der Waals surface area contributed by atoms with Crippen molar-refractivity contribution in [3.63, 3.8) is 0 Å². The molecule has 28 heavy (non-hydrogen) atoms.